The van der Waals surface area contributed by atoms with Crippen molar-refractivity contribution in [1.29, 1.82) is 0 Å². The van der Waals surface area contributed by atoms with Crippen molar-refractivity contribution in [2.75, 3.05) is 32.9 Å². The molecule has 164 valence electrons. The summed E-state index contributed by atoms with van der Waals surface area (Å²) in [7, 11) is 0. The Morgan fingerprint density at radius 1 is 1.07 bits per heavy atom. The highest BCUT2D eigenvalue weighted by Crippen LogP contribution is 2.15. The van der Waals surface area contributed by atoms with E-state index in [1.165, 1.54) is 0 Å². The van der Waals surface area contributed by atoms with Crippen LogP contribution in [0.2, 0.25) is 0 Å². The molecule has 1 unspecified atom stereocenters. The quantitative estimate of drug-likeness (QED) is 0.500. The van der Waals surface area contributed by atoms with E-state index < -0.39 is 12.1 Å². The lowest BCUT2D eigenvalue weighted by atomic mass is 10.1. The number of hydrogen-bond donors (Lipinski definition) is 1. The monoisotopic (exact) mass is 409 g/mol. The van der Waals surface area contributed by atoms with Crippen LogP contribution in [0.4, 0.5) is 4.79 Å². The second-order valence-electron chi connectivity index (χ2n) is 7.26. The zero-order valence-electron chi connectivity index (χ0n) is 18.1. The van der Waals surface area contributed by atoms with Crippen LogP contribution in [0.15, 0.2) is 24.3 Å². The Morgan fingerprint density at radius 3 is 2.31 bits per heavy atom. The van der Waals surface area contributed by atoms with Crippen molar-refractivity contribution >= 4 is 12.1 Å². The van der Waals surface area contributed by atoms with E-state index in [0.29, 0.717) is 51.0 Å². The first-order valence-corrected chi connectivity index (χ1v) is 10.3. The van der Waals surface area contributed by atoms with Gasteiger partial charge in [-0.1, -0.05) is 32.9 Å². The minimum absolute atomic E-state index is 0.301. The summed E-state index contributed by atoms with van der Waals surface area (Å²) in [5, 5.41) is 9.17. The maximum Gasteiger partial charge on any atom is 0.409 e. The van der Waals surface area contributed by atoms with Crippen molar-refractivity contribution in [3.05, 3.63) is 29.8 Å². The maximum atomic E-state index is 12.2. The van der Waals surface area contributed by atoms with Crippen molar-refractivity contribution in [2.45, 2.75) is 53.1 Å². The lowest BCUT2D eigenvalue weighted by molar-refractivity contribution is -0.149. The Hall–Kier alpha value is -2.28. The van der Waals surface area contributed by atoms with Gasteiger partial charge >= 0.3 is 12.1 Å². The van der Waals surface area contributed by atoms with Crippen LogP contribution in [0, 0.1) is 5.92 Å². The molecule has 7 nitrogen and oxygen atoms in total. The Bertz CT molecular complexity index is 602. The topological polar surface area (TPSA) is 85.3 Å². The highest BCUT2D eigenvalue weighted by atomic mass is 16.6. The molecule has 0 saturated carbocycles. The molecule has 0 aliphatic heterocycles. The summed E-state index contributed by atoms with van der Waals surface area (Å²) < 4.78 is 16.2. The lowest BCUT2D eigenvalue weighted by Crippen LogP contribution is -2.36. The van der Waals surface area contributed by atoms with Crippen molar-refractivity contribution in [2.24, 2.45) is 5.92 Å². The van der Waals surface area contributed by atoms with E-state index in [0.717, 1.165) is 18.4 Å². The minimum Gasteiger partial charge on any atom is -0.492 e. The van der Waals surface area contributed by atoms with Gasteiger partial charge in [-0.25, -0.2) is 9.59 Å². The van der Waals surface area contributed by atoms with E-state index in [1.54, 1.807) is 24.0 Å². The molecule has 0 bridgehead atoms. The number of carbonyl (C=O) groups is 2. The van der Waals surface area contributed by atoms with Gasteiger partial charge in [-0.2, -0.15) is 0 Å². The van der Waals surface area contributed by atoms with Crippen LogP contribution in [-0.2, 0) is 20.7 Å². The van der Waals surface area contributed by atoms with Crippen LogP contribution in [0.5, 0.6) is 5.75 Å². The molecule has 1 rings (SSSR count). The molecule has 0 radical (unpaired) electrons. The summed E-state index contributed by atoms with van der Waals surface area (Å²) in [6, 6.07) is 7.26. The molecule has 1 atom stereocenters. The summed E-state index contributed by atoms with van der Waals surface area (Å²) in [6.45, 7) is 10.2. The molecule has 0 aliphatic carbocycles. The highest BCUT2D eigenvalue weighted by Gasteiger charge is 2.18. The number of carboxylic acids is 1. The number of amides is 1. The molecular weight excluding hydrogens is 374 g/mol. The van der Waals surface area contributed by atoms with E-state index in [9.17, 15) is 14.7 Å². The molecule has 7 heteroatoms. The smallest absolute Gasteiger partial charge is 0.409 e. The summed E-state index contributed by atoms with van der Waals surface area (Å²) in [5.74, 6) is 0.197. The summed E-state index contributed by atoms with van der Waals surface area (Å²) in [4.78, 5) is 25.1. The Kier molecular flexibility index (Phi) is 11.8. The number of nitrogens with zero attached hydrogens (tertiary/aromatic N) is 1. The molecule has 0 aliphatic rings. The Balaban J connectivity index is 2.54. The third kappa shape index (κ3) is 10.2. The van der Waals surface area contributed by atoms with Gasteiger partial charge in [0.15, 0.2) is 6.10 Å². The fraction of sp³-hybridized carbons (Fsp3) is 0.636. The maximum absolute atomic E-state index is 12.2. The van der Waals surface area contributed by atoms with Crippen molar-refractivity contribution in [3.63, 3.8) is 0 Å². The Morgan fingerprint density at radius 2 is 1.76 bits per heavy atom. The molecular formula is C22H35NO6. The van der Waals surface area contributed by atoms with Crippen molar-refractivity contribution < 1.29 is 28.9 Å². The largest absolute Gasteiger partial charge is 0.492 e. The standard InChI is InChI=1S/C22H35NO6/c1-5-14-29-22(26)23(12-11-17(3)4)13-15-28-19-9-7-18(8-10-19)16-20(21(24)25)27-6-2/h7-10,17,20H,5-6,11-16H2,1-4H3,(H,24,25). The molecule has 1 N–H and O–H groups in total. The summed E-state index contributed by atoms with van der Waals surface area (Å²) >= 11 is 0. The van der Waals surface area contributed by atoms with E-state index in [1.807, 2.05) is 19.1 Å². The molecule has 0 spiro atoms. The van der Waals surface area contributed by atoms with E-state index in [2.05, 4.69) is 13.8 Å². The number of carbonyl (C=O) groups excluding carboxylic acids is 1. The van der Waals surface area contributed by atoms with Gasteiger partial charge in [-0.15, -0.1) is 0 Å². The van der Waals surface area contributed by atoms with Gasteiger partial charge in [0.1, 0.15) is 12.4 Å². The van der Waals surface area contributed by atoms with E-state index in [-0.39, 0.29) is 6.09 Å². The molecule has 0 saturated heterocycles. The van der Waals surface area contributed by atoms with Gasteiger partial charge in [0.25, 0.3) is 0 Å². The molecule has 29 heavy (non-hydrogen) atoms. The molecule has 0 heterocycles. The zero-order valence-corrected chi connectivity index (χ0v) is 18.1. The molecule has 1 aromatic carbocycles. The SMILES string of the molecule is CCCOC(=O)N(CCOc1ccc(CC(OCC)C(=O)O)cc1)CCC(C)C. The molecule has 0 fully saturated rings. The normalized spacial score (nSPS) is 11.9. The zero-order chi connectivity index (χ0) is 21.6. The number of benzene rings is 1. The van der Waals surface area contributed by atoms with Gasteiger partial charge in [-0.05, 0) is 43.4 Å². The second kappa shape index (κ2) is 13.8. The number of hydrogen-bond acceptors (Lipinski definition) is 5. The number of carboxylic acid groups (broad SMARTS) is 1. The van der Waals surface area contributed by atoms with Gasteiger partial charge in [0.05, 0.1) is 13.2 Å². The first-order chi connectivity index (χ1) is 13.9. The van der Waals surface area contributed by atoms with Crippen LogP contribution in [0.1, 0.15) is 46.1 Å². The second-order valence-corrected chi connectivity index (χ2v) is 7.26. The van der Waals surface area contributed by atoms with Crippen LogP contribution in [-0.4, -0.2) is 61.1 Å². The van der Waals surface area contributed by atoms with Gasteiger partial charge < -0.3 is 24.2 Å². The average Bonchev–Trinajstić information content (AvgIpc) is 2.69. The van der Waals surface area contributed by atoms with Crippen LogP contribution >= 0.6 is 0 Å². The van der Waals surface area contributed by atoms with Crippen LogP contribution in [0.25, 0.3) is 0 Å². The summed E-state index contributed by atoms with van der Waals surface area (Å²) in [5.41, 5.74) is 0.861. The van der Waals surface area contributed by atoms with E-state index in [4.69, 9.17) is 14.2 Å². The van der Waals surface area contributed by atoms with Crippen molar-refractivity contribution in [1.82, 2.24) is 4.90 Å². The van der Waals surface area contributed by atoms with Crippen molar-refractivity contribution in [3.8, 4) is 5.75 Å². The van der Waals surface area contributed by atoms with Gasteiger partial charge in [0, 0.05) is 19.6 Å². The predicted molar refractivity (Wildman–Crippen MR) is 111 cm³/mol. The molecule has 1 aromatic rings. The van der Waals surface area contributed by atoms with Gasteiger partial charge in [-0.3, -0.25) is 0 Å². The minimum atomic E-state index is -0.969. The fourth-order valence-electron chi connectivity index (χ4n) is 2.62. The predicted octanol–water partition coefficient (Wildman–Crippen LogP) is 3.99. The first-order valence-electron chi connectivity index (χ1n) is 10.3. The Labute approximate surface area is 173 Å². The highest BCUT2D eigenvalue weighted by molar-refractivity contribution is 5.72. The number of ether oxygens (including phenoxy) is 3. The first kappa shape index (κ1) is 24.8. The number of aliphatic carboxylic acids is 1. The van der Waals surface area contributed by atoms with Crippen LogP contribution < -0.4 is 4.74 Å². The number of rotatable bonds is 14. The fourth-order valence-corrected chi connectivity index (χ4v) is 2.62. The lowest BCUT2D eigenvalue weighted by Gasteiger charge is -2.23. The third-order valence-electron chi connectivity index (χ3n) is 4.28. The summed E-state index contributed by atoms with van der Waals surface area (Å²) in [6.07, 6.45) is 0.840. The average molecular weight is 410 g/mol. The molecule has 1 amide bonds. The third-order valence-corrected chi connectivity index (χ3v) is 4.28. The van der Waals surface area contributed by atoms with Crippen LogP contribution in [0.3, 0.4) is 0 Å². The molecule has 0 aromatic heterocycles. The van der Waals surface area contributed by atoms with Gasteiger partial charge in [0.2, 0.25) is 0 Å². The van der Waals surface area contributed by atoms with E-state index >= 15 is 0 Å².